The van der Waals surface area contributed by atoms with Crippen LogP contribution in [0, 0.1) is 0 Å². The number of rotatable bonds is 6. The molecule has 142 valence electrons. The van der Waals surface area contributed by atoms with Crippen molar-refractivity contribution in [2.45, 2.75) is 31.3 Å². The third-order valence-electron chi connectivity index (χ3n) is 4.28. The van der Waals surface area contributed by atoms with Crippen LogP contribution in [0.25, 0.3) is 0 Å². The fourth-order valence-corrected chi connectivity index (χ4v) is 8.55. The lowest BCUT2D eigenvalue weighted by molar-refractivity contribution is 0.562. The van der Waals surface area contributed by atoms with Crippen LogP contribution in [0.1, 0.15) is 32.1 Å². The fraction of sp³-hybridized carbons (Fsp3) is 0.238. The molecule has 0 aliphatic carbocycles. The van der Waals surface area contributed by atoms with E-state index in [9.17, 15) is 4.21 Å². The summed E-state index contributed by atoms with van der Waals surface area (Å²) in [5, 5.41) is 2.16. The zero-order valence-electron chi connectivity index (χ0n) is 15.7. The van der Waals surface area contributed by atoms with E-state index in [2.05, 4.69) is 29.0 Å². The molecule has 0 amide bonds. The van der Waals surface area contributed by atoms with Gasteiger partial charge in [-0.05, 0) is 37.4 Å². The van der Waals surface area contributed by atoms with Gasteiger partial charge >= 0.3 is 0 Å². The van der Waals surface area contributed by atoms with Crippen LogP contribution in [0.2, 0.25) is 0 Å². The molecule has 0 aliphatic heterocycles. The molecule has 0 aliphatic rings. The molecule has 0 saturated heterocycles. The van der Waals surface area contributed by atoms with Crippen LogP contribution in [0.5, 0.6) is 0 Å². The van der Waals surface area contributed by atoms with Gasteiger partial charge in [-0.2, -0.15) is 0 Å². The Morgan fingerprint density at radius 2 is 1.48 bits per heavy atom. The maximum absolute atomic E-state index is 13.0. The molecule has 0 fully saturated rings. The maximum Gasteiger partial charge on any atom is 0.0979 e. The molecule has 1 N–H and O–H groups in total. The van der Waals surface area contributed by atoms with E-state index in [-0.39, 0.29) is 5.78 Å². The summed E-state index contributed by atoms with van der Waals surface area (Å²) in [6.45, 7) is 5.87. The van der Waals surface area contributed by atoms with Gasteiger partial charge in [0.25, 0.3) is 0 Å². The van der Waals surface area contributed by atoms with E-state index in [1.54, 1.807) is 12.5 Å². The molecule has 3 nitrogen and oxygen atoms in total. The van der Waals surface area contributed by atoms with Crippen LogP contribution in [-0.4, -0.2) is 8.96 Å². The Morgan fingerprint density at radius 3 is 1.89 bits per heavy atom. The molecule has 0 radical (unpaired) electrons. The Labute approximate surface area is 168 Å². The van der Waals surface area contributed by atoms with Gasteiger partial charge in [-0.25, -0.2) is 8.93 Å². The first-order valence-corrected chi connectivity index (χ1v) is 12.8. The molecular weight excluding hydrogens is 393 g/mol. The van der Waals surface area contributed by atoms with Crippen molar-refractivity contribution >= 4 is 39.4 Å². The maximum atomic E-state index is 13.0. The highest BCUT2D eigenvalue weighted by Crippen LogP contribution is 2.56. The third kappa shape index (κ3) is 4.33. The summed E-state index contributed by atoms with van der Waals surface area (Å²) in [7, 11) is -1.28. The van der Waals surface area contributed by atoms with Crippen molar-refractivity contribution in [3.8, 4) is 0 Å². The van der Waals surface area contributed by atoms with Gasteiger partial charge in [0.15, 0.2) is 0 Å². The van der Waals surface area contributed by atoms with Crippen molar-refractivity contribution in [2.24, 2.45) is 0 Å². The van der Waals surface area contributed by atoms with Gasteiger partial charge in [0.1, 0.15) is 0 Å². The average molecular weight is 418 g/mol. The summed E-state index contributed by atoms with van der Waals surface area (Å²) in [5.74, 6) is -0.295. The van der Waals surface area contributed by atoms with Crippen LogP contribution in [0.15, 0.2) is 83.7 Å². The summed E-state index contributed by atoms with van der Waals surface area (Å²) >= 11 is 6.42. The summed E-state index contributed by atoms with van der Waals surface area (Å²) in [6.07, 6.45) is 3.34. The second-order valence-corrected chi connectivity index (χ2v) is 13.9. The van der Waals surface area contributed by atoms with Gasteiger partial charge in [0, 0.05) is 11.6 Å². The second kappa shape index (κ2) is 8.24. The van der Waals surface area contributed by atoms with Crippen LogP contribution in [0.3, 0.4) is 0 Å². The molecule has 0 spiro atoms. The minimum Gasteiger partial charge on any atom is -0.472 e. The number of benzene rings is 2. The molecule has 1 unspecified atom stereocenters. The van der Waals surface area contributed by atoms with E-state index in [0.29, 0.717) is 0 Å². The van der Waals surface area contributed by atoms with Gasteiger partial charge in [0.05, 0.1) is 34.0 Å². The van der Waals surface area contributed by atoms with Crippen LogP contribution < -0.4 is 15.3 Å². The van der Waals surface area contributed by atoms with Gasteiger partial charge in [-0.3, -0.25) is 0 Å². The predicted octanol–water partition coefficient (Wildman–Crippen LogP) is 4.46. The van der Waals surface area contributed by atoms with Crippen molar-refractivity contribution < 1.29 is 8.63 Å². The molecule has 1 heterocycles. The predicted molar refractivity (Wildman–Crippen MR) is 119 cm³/mol. The van der Waals surface area contributed by atoms with Crippen LogP contribution in [-0.2, 0) is 22.8 Å². The third-order valence-corrected chi connectivity index (χ3v) is 11.2. The second-order valence-electron chi connectivity index (χ2n) is 7.29. The molecule has 0 saturated carbocycles. The molecule has 3 aromatic rings. The average Bonchev–Trinajstić information content (AvgIpc) is 3.20. The summed E-state index contributed by atoms with van der Waals surface area (Å²) in [4.78, 5) is 0. The quantitative estimate of drug-likeness (QED) is 0.602. The number of hydrogen-bond donors (Lipinski definition) is 1. The van der Waals surface area contributed by atoms with Crippen molar-refractivity contribution in [1.29, 1.82) is 0 Å². The zero-order chi connectivity index (χ0) is 19.5. The number of hydrogen-bond acceptors (Lipinski definition) is 3. The first-order chi connectivity index (χ1) is 12.8. The van der Waals surface area contributed by atoms with Gasteiger partial charge in [0.2, 0.25) is 0 Å². The van der Waals surface area contributed by atoms with E-state index in [4.69, 9.17) is 16.2 Å². The lowest BCUT2D eigenvalue weighted by atomic mass is 10.3. The smallest absolute Gasteiger partial charge is 0.0979 e. The highest BCUT2D eigenvalue weighted by Gasteiger charge is 2.36. The van der Waals surface area contributed by atoms with E-state index < -0.39 is 21.8 Å². The number of furan rings is 1. The normalized spacial score (nSPS) is 14.6. The molecule has 2 aromatic carbocycles. The molecule has 27 heavy (non-hydrogen) atoms. The van der Waals surface area contributed by atoms with Gasteiger partial charge in [-0.15, -0.1) is 0 Å². The zero-order valence-corrected chi connectivity index (χ0v) is 18.2. The molecule has 3 rings (SSSR count). The van der Waals surface area contributed by atoms with E-state index in [1.165, 1.54) is 0 Å². The molecular formula is C21H24NO2PS2. The Kier molecular flexibility index (Phi) is 6.17. The summed E-state index contributed by atoms with van der Waals surface area (Å²) in [5.41, 5.74) is 0.920. The molecule has 2 atom stereocenters. The van der Waals surface area contributed by atoms with Crippen molar-refractivity contribution in [3.05, 3.63) is 84.8 Å². The standard InChI is InChI=1S/C21H24NO2PS2/c1-21(2,3)27(23)22-20(17-14-15-24-16-17)25(26,18-10-6-4-7-11-18)19-12-8-5-9-13-19/h4-16,20,22H,1-3H3/t20-,27?/m1/s1. The number of nitrogens with one attached hydrogen (secondary N) is 1. The Balaban J connectivity index is 2.20. The topological polar surface area (TPSA) is 42.2 Å². The van der Waals surface area contributed by atoms with Crippen LogP contribution in [0.4, 0.5) is 0 Å². The fourth-order valence-electron chi connectivity index (χ4n) is 2.81. The Hall–Kier alpha value is -1.52. The summed E-state index contributed by atoms with van der Waals surface area (Å²) < 4.78 is 21.3. The first-order valence-electron chi connectivity index (χ1n) is 8.74. The molecule has 0 bridgehead atoms. The summed E-state index contributed by atoms with van der Waals surface area (Å²) in [6, 6.07) is 19.8. The lowest BCUT2D eigenvalue weighted by Crippen LogP contribution is -2.38. The largest absolute Gasteiger partial charge is 0.472 e. The SMILES string of the molecule is CC(C)(C)S(=O)N[C@@H](c1ccoc1)P(=S)(c1ccccc1)c1ccccc1. The van der Waals surface area contributed by atoms with Crippen molar-refractivity contribution in [1.82, 2.24) is 4.72 Å². The first kappa shape index (κ1) is 20.2. The van der Waals surface area contributed by atoms with Crippen molar-refractivity contribution in [2.75, 3.05) is 0 Å². The monoisotopic (exact) mass is 417 g/mol. The van der Waals surface area contributed by atoms with E-state index >= 15 is 0 Å². The highest BCUT2D eigenvalue weighted by molar-refractivity contribution is 8.22. The molecule has 6 heteroatoms. The Bertz CT molecular complexity index is 892. The van der Waals surface area contributed by atoms with E-state index in [0.717, 1.165) is 16.2 Å². The molecule has 1 aromatic heterocycles. The van der Waals surface area contributed by atoms with E-state index in [1.807, 2.05) is 63.2 Å². The Morgan fingerprint density at radius 1 is 0.963 bits per heavy atom. The van der Waals surface area contributed by atoms with Crippen molar-refractivity contribution in [3.63, 3.8) is 0 Å². The van der Waals surface area contributed by atoms with Crippen LogP contribution >= 0.6 is 6.04 Å². The highest BCUT2D eigenvalue weighted by atomic mass is 32.4. The van der Waals surface area contributed by atoms with Gasteiger partial charge < -0.3 is 4.42 Å². The minimum absolute atomic E-state index is 0.295. The lowest BCUT2D eigenvalue weighted by Gasteiger charge is -2.34. The minimum atomic E-state index is -2.38. The van der Waals surface area contributed by atoms with Gasteiger partial charge in [-0.1, -0.05) is 72.5 Å².